The van der Waals surface area contributed by atoms with E-state index in [2.05, 4.69) is 0 Å². The van der Waals surface area contributed by atoms with Gasteiger partial charge in [0.15, 0.2) is 0 Å². The minimum absolute atomic E-state index is 0.284. The average Bonchev–Trinajstić information content (AvgIpc) is 3.04. The molecule has 0 saturated carbocycles. The van der Waals surface area contributed by atoms with Crippen molar-refractivity contribution >= 4 is 17.5 Å². The zero-order valence-corrected chi connectivity index (χ0v) is 12.2. The second-order valence-corrected chi connectivity index (χ2v) is 6.40. The van der Waals surface area contributed by atoms with Crippen molar-refractivity contribution < 1.29 is 14.3 Å². The number of imide groups is 1. The van der Waals surface area contributed by atoms with E-state index in [1.165, 1.54) is 4.90 Å². The van der Waals surface area contributed by atoms with Crippen LogP contribution in [0, 0.1) is 23.2 Å². The predicted octanol–water partition coefficient (Wildman–Crippen LogP) is 1.78. The topological polar surface area (TPSA) is 70.4 Å². The molecule has 22 heavy (non-hydrogen) atoms. The van der Waals surface area contributed by atoms with Crippen LogP contribution in [0.15, 0.2) is 36.4 Å². The van der Waals surface area contributed by atoms with Gasteiger partial charge in [-0.05, 0) is 26.0 Å². The van der Waals surface area contributed by atoms with Crippen molar-refractivity contribution in [3.05, 3.63) is 42.0 Å². The van der Waals surface area contributed by atoms with Crippen LogP contribution in [-0.2, 0) is 14.3 Å². The summed E-state index contributed by atoms with van der Waals surface area (Å²) in [6.07, 6.45) is 3.75. The van der Waals surface area contributed by atoms with Gasteiger partial charge in [-0.2, -0.15) is 5.26 Å². The minimum atomic E-state index is -0.748. The fraction of sp³-hybridized carbons (Fsp3) is 0.353. The van der Waals surface area contributed by atoms with E-state index in [9.17, 15) is 14.9 Å². The first-order valence-electron chi connectivity index (χ1n) is 7.19. The SMILES string of the molecule is C[C@]12C=C[C@](C)(O1)[C@@H]1C(=O)N(c3ccccc3C#N)C(=O)[C@@H]12. The van der Waals surface area contributed by atoms with Crippen LogP contribution in [-0.4, -0.2) is 23.0 Å². The van der Waals surface area contributed by atoms with Crippen molar-refractivity contribution in [3.63, 3.8) is 0 Å². The number of anilines is 1. The molecule has 0 aromatic heterocycles. The van der Waals surface area contributed by atoms with E-state index in [1.807, 2.05) is 32.1 Å². The van der Waals surface area contributed by atoms with Crippen molar-refractivity contribution in [2.45, 2.75) is 25.0 Å². The van der Waals surface area contributed by atoms with Crippen molar-refractivity contribution in [1.82, 2.24) is 0 Å². The Bertz CT molecular complexity index is 757. The Kier molecular flexibility index (Phi) is 2.31. The van der Waals surface area contributed by atoms with Gasteiger partial charge in [0.05, 0.1) is 34.3 Å². The minimum Gasteiger partial charge on any atom is -0.359 e. The molecule has 0 spiro atoms. The van der Waals surface area contributed by atoms with E-state index in [4.69, 9.17) is 4.74 Å². The summed E-state index contributed by atoms with van der Waals surface area (Å²) in [6, 6.07) is 8.72. The van der Waals surface area contributed by atoms with E-state index >= 15 is 0 Å². The monoisotopic (exact) mass is 294 g/mol. The van der Waals surface area contributed by atoms with Gasteiger partial charge in [0.1, 0.15) is 6.07 Å². The predicted molar refractivity (Wildman–Crippen MR) is 77.7 cm³/mol. The van der Waals surface area contributed by atoms with Gasteiger partial charge >= 0.3 is 0 Å². The molecule has 3 aliphatic rings. The smallest absolute Gasteiger partial charge is 0.241 e. The van der Waals surface area contributed by atoms with Crippen molar-refractivity contribution in [2.75, 3.05) is 4.90 Å². The number of benzene rings is 1. The highest BCUT2D eigenvalue weighted by Gasteiger charge is 2.70. The van der Waals surface area contributed by atoms with Crippen LogP contribution in [0.1, 0.15) is 19.4 Å². The molecule has 0 aliphatic carbocycles. The second kappa shape index (κ2) is 3.84. The molecule has 3 aliphatic heterocycles. The average molecular weight is 294 g/mol. The first kappa shape index (κ1) is 13.2. The zero-order chi connectivity index (χ0) is 15.7. The van der Waals surface area contributed by atoms with Crippen molar-refractivity contribution in [2.24, 2.45) is 11.8 Å². The zero-order valence-electron chi connectivity index (χ0n) is 12.2. The highest BCUT2D eigenvalue weighted by atomic mass is 16.5. The number of fused-ring (bicyclic) bond motifs is 5. The standard InChI is InChI=1S/C17H14N2O3/c1-16-7-8-17(2,22-16)13-12(16)14(20)19(15(13)21)11-6-4-3-5-10(11)9-18/h3-8,12-13H,1-2H3/t12-,13+,16-,17+. The fourth-order valence-corrected chi connectivity index (χ4v) is 4.03. The molecule has 0 N–H and O–H groups in total. The summed E-state index contributed by atoms with van der Waals surface area (Å²) in [5, 5.41) is 9.24. The largest absolute Gasteiger partial charge is 0.359 e. The molecular weight excluding hydrogens is 280 g/mol. The van der Waals surface area contributed by atoms with Gasteiger partial charge in [-0.25, -0.2) is 4.90 Å². The Morgan fingerprint density at radius 1 is 1.09 bits per heavy atom. The summed E-state index contributed by atoms with van der Waals surface area (Å²) < 4.78 is 5.95. The molecule has 2 fully saturated rings. The third-order valence-electron chi connectivity index (χ3n) is 4.99. The lowest BCUT2D eigenvalue weighted by molar-refractivity contribution is -0.128. The molecule has 0 radical (unpaired) electrons. The summed E-state index contributed by atoms with van der Waals surface area (Å²) >= 11 is 0. The normalized spacial score (nSPS) is 38.5. The molecule has 5 nitrogen and oxygen atoms in total. The molecule has 4 rings (SSSR count). The molecular formula is C17H14N2O3. The molecule has 3 heterocycles. The Morgan fingerprint density at radius 3 is 2.18 bits per heavy atom. The van der Waals surface area contributed by atoms with E-state index in [0.717, 1.165) is 0 Å². The van der Waals surface area contributed by atoms with Gasteiger partial charge in [0, 0.05) is 0 Å². The van der Waals surface area contributed by atoms with Gasteiger partial charge < -0.3 is 4.74 Å². The summed E-state index contributed by atoms with van der Waals surface area (Å²) in [4.78, 5) is 26.9. The van der Waals surface area contributed by atoms with Gasteiger partial charge in [0.2, 0.25) is 11.8 Å². The Labute approximate surface area is 127 Å². The summed E-state index contributed by atoms with van der Waals surface area (Å²) in [5.41, 5.74) is -0.813. The molecule has 2 saturated heterocycles. The van der Waals surface area contributed by atoms with Crippen LogP contribution in [0.4, 0.5) is 5.69 Å². The number of ether oxygens (including phenoxy) is 1. The third-order valence-corrected chi connectivity index (χ3v) is 4.99. The van der Waals surface area contributed by atoms with Crippen LogP contribution in [0.2, 0.25) is 0 Å². The quantitative estimate of drug-likeness (QED) is 0.585. The second-order valence-electron chi connectivity index (χ2n) is 6.40. The molecule has 5 heteroatoms. The van der Waals surface area contributed by atoms with Gasteiger partial charge in [-0.1, -0.05) is 24.3 Å². The van der Waals surface area contributed by atoms with E-state index < -0.39 is 23.0 Å². The van der Waals surface area contributed by atoms with Crippen molar-refractivity contribution in [3.8, 4) is 6.07 Å². The van der Waals surface area contributed by atoms with Crippen LogP contribution in [0.3, 0.4) is 0 Å². The Balaban J connectivity index is 1.86. The highest BCUT2D eigenvalue weighted by Crippen LogP contribution is 2.57. The number of carbonyl (C=O) groups is 2. The first-order chi connectivity index (χ1) is 10.4. The first-order valence-corrected chi connectivity index (χ1v) is 7.19. The number of rotatable bonds is 1. The number of nitriles is 1. The van der Waals surface area contributed by atoms with Gasteiger partial charge in [-0.3, -0.25) is 9.59 Å². The maximum Gasteiger partial charge on any atom is 0.241 e. The van der Waals surface area contributed by atoms with Crippen LogP contribution < -0.4 is 4.90 Å². The van der Waals surface area contributed by atoms with Crippen molar-refractivity contribution in [1.29, 1.82) is 5.26 Å². The lowest BCUT2D eigenvalue weighted by atomic mass is 9.73. The Morgan fingerprint density at radius 2 is 1.64 bits per heavy atom. The third kappa shape index (κ3) is 1.36. The van der Waals surface area contributed by atoms with E-state index in [-0.39, 0.29) is 11.8 Å². The summed E-state index contributed by atoms with van der Waals surface area (Å²) in [5.74, 6) is -1.62. The van der Waals surface area contributed by atoms with Crippen LogP contribution >= 0.6 is 0 Å². The lowest BCUT2D eigenvalue weighted by Crippen LogP contribution is -2.39. The number of amides is 2. The maximum absolute atomic E-state index is 12.9. The Hall–Kier alpha value is -2.45. The van der Waals surface area contributed by atoms with E-state index in [1.54, 1.807) is 24.3 Å². The molecule has 0 unspecified atom stereocenters. The number of carbonyl (C=O) groups excluding carboxylic acids is 2. The number of hydrogen-bond acceptors (Lipinski definition) is 4. The highest BCUT2D eigenvalue weighted by molar-refractivity contribution is 6.24. The molecule has 1 aromatic carbocycles. The molecule has 2 bridgehead atoms. The summed E-state index contributed by atoms with van der Waals surface area (Å²) in [7, 11) is 0. The molecule has 1 aromatic rings. The molecule has 2 amide bonds. The van der Waals surface area contributed by atoms with Gasteiger partial charge in [0.25, 0.3) is 0 Å². The van der Waals surface area contributed by atoms with Crippen LogP contribution in [0.25, 0.3) is 0 Å². The number of hydrogen-bond donors (Lipinski definition) is 0. The van der Waals surface area contributed by atoms with Gasteiger partial charge in [-0.15, -0.1) is 0 Å². The number of para-hydroxylation sites is 1. The fourth-order valence-electron chi connectivity index (χ4n) is 4.03. The lowest BCUT2D eigenvalue weighted by Gasteiger charge is -2.25. The van der Waals surface area contributed by atoms with Crippen LogP contribution in [0.5, 0.6) is 0 Å². The molecule has 4 atom stereocenters. The maximum atomic E-state index is 12.9. The number of nitrogens with zero attached hydrogens (tertiary/aromatic N) is 2. The molecule has 110 valence electrons. The van der Waals surface area contributed by atoms with E-state index in [0.29, 0.717) is 11.3 Å². The summed E-state index contributed by atoms with van der Waals surface area (Å²) in [6.45, 7) is 3.68.